The van der Waals surface area contributed by atoms with Gasteiger partial charge >= 0.3 is 11.9 Å². The third kappa shape index (κ3) is 41.1. The summed E-state index contributed by atoms with van der Waals surface area (Å²) in [5, 5.41) is 9.58. The van der Waals surface area contributed by atoms with Gasteiger partial charge in [-0.2, -0.15) is 0 Å². The van der Waals surface area contributed by atoms with Crippen LogP contribution in [0.25, 0.3) is 0 Å². The molecule has 0 saturated heterocycles. The molecule has 0 amide bonds. The van der Waals surface area contributed by atoms with Crippen molar-refractivity contribution in [2.45, 2.75) is 161 Å². The molecule has 0 aromatic heterocycles. The summed E-state index contributed by atoms with van der Waals surface area (Å²) in [5.41, 5.74) is 0. The molecular formula is C49H76O5. The van der Waals surface area contributed by atoms with Crippen LogP contribution in [0.2, 0.25) is 0 Å². The van der Waals surface area contributed by atoms with Crippen molar-refractivity contribution in [3.8, 4) is 0 Å². The molecule has 5 nitrogen and oxygen atoms in total. The highest BCUT2D eigenvalue weighted by atomic mass is 16.6. The average molecular weight is 745 g/mol. The van der Waals surface area contributed by atoms with E-state index in [0.717, 1.165) is 128 Å². The number of hydrogen-bond acceptors (Lipinski definition) is 5. The highest BCUT2D eigenvalue weighted by molar-refractivity contribution is 5.70. The van der Waals surface area contributed by atoms with Crippen LogP contribution < -0.4 is 0 Å². The molecule has 0 rings (SSSR count). The number of carbonyl (C=O) groups is 2. The van der Waals surface area contributed by atoms with Gasteiger partial charge in [-0.25, -0.2) is 0 Å². The predicted octanol–water partition coefficient (Wildman–Crippen LogP) is 13.6. The van der Waals surface area contributed by atoms with Crippen LogP contribution in [-0.2, 0) is 19.1 Å². The van der Waals surface area contributed by atoms with E-state index in [4.69, 9.17) is 9.47 Å². The Labute approximate surface area is 331 Å². The minimum absolute atomic E-state index is 0.100. The van der Waals surface area contributed by atoms with E-state index in [9.17, 15) is 14.7 Å². The van der Waals surface area contributed by atoms with Crippen molar-refractivity contribution in [3.05, 3.63) is 122 Å². The van der Waals surface area contributed by atoms with Crippen molar-refractivity contribution in [1.82, 2.24) is 0 Å². The van der Waals surface area contributed by atoms with E-state index < -0.39 is 6.10 Å². The average Bonchev–Trinajstić information content (AvgIpc) is 3.17. The van der Waals surface area contributed by atoms with Gasteiger partial charge in [-0.15, -0.1) is 0 Å². The number of carbonyl (C=O) groups excluding carboxylic acids is 2. The molecule has 1 atom stereocenters. The lowest BCUT2D eigenvalue weighted by Gasteiger charge is -2.15. The number of ether oxygens (including phenoxy) is 2. The van der Waals surface area contributed by atoms with Gasteiger partial charge in [-0.3, -0.25) is 9.59 Å². The summed E-state index contributed by atoms with van der Waals surface area (Å²) in [4.78, 5) is 24.3. The van der Waals surface area contributed by atoms with Gasteiger partial charge < -0.3 is 14.6 Å². The molecule has 302 valence electrons. The van der Waals surface area contributed by atoms with E-state index in [2.05, 4.69) is 135 Å². The zero-order valence-electron chi connectivity index (χ0n) is 34.2. The van der Waals surface area contributed by atoms with Crippen LogP contribution in [0.15, 0.2) is 122 Å². The van der Waals surface area contributed by atoms with Gasteiger partial charge in [-0.1, -0.05) is 161 Å². The normalized spacial score (nSPS) is 13.5. The van der Waals surface area contributed by atoms with Crippen LogP contribution in [0, 0.1) is 0 Å². The summed E-state index contributed by atoms with van der Waals surface area (Å²) in [6, 6.07) is 0. The molecular weight excluding hydrogens is 669 g/mol. The summed E-state index contributed by atoms with van der Waals surface area (Å²) in [6.07, 6.45) is 64.0. The molecule has 1 unspecified atom stereocenters. The summed E-state index contributed by atoms with van der Waals surface area (Å²) in [6.45, 7) is 3.84. The molecule has 0 aliphatic carbocycles. The predicted molar refractivity (Wildman–Crippen MR) is 232 cm³/mol. The van der Waals surface area contributed by atoms with Gasteiger partial charge in [-0.05, 0) is 103 Å². The Morgan fingerprint density at radius 1 is 0.426 bits per heavy atom. The second kappa shape index (κ2) is 43.7. The molecule has 0 aliphatic heterocycles. The minimum atomic E-state index is -0.805. The quantitative estimate of drug-likeness (QED) is 0.0393. The van der Waals surface area contributed by atoms with Gasteiger partial charge in [0, 0.05) is 12.8 Å². The number of aliphatic hydroxyl groups is 1. The summed E-state index contributed by atoms with van der Waals surface area (Å²) < 4.78 is 10.6. The fraction of sp³-hybridized carbons (Fsp3) is 0.551. The lowest BCUT2D eigenvalue weighted by molar-refractivity contribution is -0.161. The van der Waals surface area contributed by atoms with Crippen LogP contribution in [0.5, 0.6) is 0 Å². The molecule has 0 bridgehead atoms. The van der Waals surface area contributed by atoms with Crippen molar-refractivity contribution in [2.75, 3.05) is 13.2 Å². The van der Waals surface area contributed by atoms with Crippen molar-refractivity contribution in [1.29, 1.82) is 0 Å². The molecule has 0 spiro atoms. The lowest BCUT2D eigenvalue weighted by Crippen LogP contribution is -2.28. The van der Waals surface area contributed by atoms with Gasteiger partial charge in [0.25, 0.3) is 0 Å². The molecule has 5 heteroatoms. The maximum absolute atomic E-state index is 12.2. The first-order valence-electron chi connectivity index (χ1n) is 21.1. The van der Waals surface area contributed by atoms with Crippen molar-refractivity contribution >= 4 is 11.9 Å². The third-order valence-corrected chi connectivity index (χ3v) is 8.25. The molecule has 54 heavy (non-hydrogen) atoms. The van der Waals surface area contributed by atoms with Gasteiger partial charge in [0.1, 0.15) is 6.61 Å². The number of esters is 2. The maximum Gasteiger partial charge on any atom is 0.306 e. The number of unbranched alkanes of at least 4 members (excludes halogenated alkanes) is 8. The molecule has 1 N–H and O–H groups in total. The fourth-order valence-corrected chi connectivity index (χ4v) is 5.13. The summed E-state index contributed by atoms with van der Waals surface area (Å²) >= 11 is 0. The standard InChI is InChI=1S/C49H76O5/c1-3-5-7-9-11-13-15-17-19-21-23-24-26-28-30-32-34-36-38-40-42-44-49(52)54-47(45-50)46-53-48(51)43-41-39-37-35-33-31-29-27-25-22-20-18-16-14-12-10-8-6-4-2/h5-8,11-14,17-20,23-25,27-28,30-31,33,47,50H,3-4,9-10,15-16,21-22,26,29,32,34-46H2,1-2H3/b7-5-,8-6-,13-11-,14-12-,19-17-,20-18-,24-23-,27-25-,30-28-,33-31-. The van der Waals surface area contributed by atoms with Gasteiger partial charge in [0.15, 0.2) is 6.10 Å². The molecule has 0 aliphatic rings. The molecule has 0 heterocycles. The van der Waals surface area contributed by atoms with Crippen LogP contribution in [-0.4, -0.2) is 36.4 Å². The number of hydrogen-bond donors (Lipinski definition) is 1. The van der Waals surface area contributed by atoms with Gasteiger partial charge in [0.2, 0.25) is 0 Å². The summed E-state index contributed by atoms with van der Waals surface area (Å²) in [5.74, 6) is -0.664. The Balaban J connectivity index is 3.71. The molecule has 0 aromatic rings. The van der Waals surface area contributed by atoms with E-state index in [1.54, 1.807) is 0 Å². The topological polar surface area (TPSA) is 72.8 Å². The highest BCUT2D eigenvalue weighted by Crippen LogP contribution is 2.10. The van der Waals surface area contributed by atoms with Crippen LogP contribution in [0.3, 0.4) is 0 Å². The Morgan fingerprint density at radius 3 is 1.13 bits per heavy atom. The van der Waals surface area contributed by atoms with E-state index in [-0.39, 0.29) is 25.2 Å². The first kappa shape index (κ1) is 50.3. The minimum Gasteiger partial charge on any atom is -0.462 e. The van der Waals surface area contributed by atoms with Crippen molar-refractivity contribution in [3.63, 3.8) is 0 Å². The Kier molecular flexibility index (Phi) is 40.7. The number of rotatable bonds is 36. The van der Waals surface area contributed by atoms with E-state index in [1.807, 2.05) is 0 Å². The van der Waals surface area contributed by atoms with Crippen LogP contribution in [0.1, 0.15) is 155 Å². The SMILES string of the molecule is CC/C=C\C/C=C\C/C=C\C/C=C\C/C=C\CCCCCCCC(=O)OC(CO)COC(=O)CCCCC/C=C\C/C=C\C/C=C\C/C=C\C/C=C\CC. The number of aliphatic hydroxyl groups excluding tert-OH is 1. The largest absolute Gasteiger partial charge is 0.462 e. The van der Waals surface area contributed by atoms with Crippen LogP contribution >= 0.6 is 0 Å². The Morgan fingerprint density at radius 2 is 0.741 bits per heavy atom. The molecule has 0 saturated carbocycles. The molecule has 0 fully saturated rings. The van der Waals surface area contributed by atoms with Crippen molar-refractivity contribution in [2.24, 2.45) is 0 Å². The summed E-state index contributed by atoms with van der Waals surface area (Å²) in [7, 11) is 0. The first-order valence-corrected chi connectivity index (χ1v) is 21.1. The first-order chi connectivity index (χ1) is 26.6. The number of allylic oxidation sites excluding steroid dienone is 20. The molecule has 0 aromatic carbocycles. The van der Waals surface area contributed by atoms with E-state index in [1.165, 1.54) is 0 Å². The van der Waals surface area contributed by atoms with E-state index >= 15 is 0 Å². The molecule has 0 radical (unpaired) electrons. The van der Waals surface area contributed by atoms with Gasteiger partial charge in [0.05, 0.1) is 6.61 Å². The van der Waals surface area contributed by atoms with E-state index in [0.29, 0.717) is 12.8 Å². The zero-order valence-corrected chi connectivity index (χ0v) is 34.2. The maximum atomic E-state index is 12.2. The monoisotopic (exact) mass is 745 g/mol. The Hall–Kier alpha value is -3.70. The third-order valence-electron chi connectivity index (χ3n) is 8.25. The highest BCUT2D eigenvalue weighted by Gasteiger charge is 2.16. The second-order valence-electron chi connectivity index (χ2n) is 13.3. The zero-order chi connectivity index (χ0) is 39.3. The second-order valence-corrected chi connectivity index (χ2v) is 13.3. The fourth-order valence-electron chi connectivity index (χ4n) is 5.13. The smallest absolute Gasteiger partial charge is 0.306 e. The lowest BCUT2D eigenvalue weighted by atomic mass is 10.1. The van der Waals surface area contributed by atoms with Crippen LogP contribution in [0.4, 0.5) is 0 Å². The Bertz CT molecular complexity index is 1160. The van der Waals surface area contributed by atoms with Crippen molar-refractivity contribution < 1.29 is 24.2 Å².